The number of amides is 1. The zero-order chi connectivity index (χ0) is 17.0. The zero-order valence-electron chi connectivity index (χ0n) is 13.4. The van der Waals surface area contributed by atoms with Crippen LogP contribution in [0.1, 0.15) is 29.8 Å². The van der Waals surface area contributed by atoms with E-state index in [4.69, 9.17) is 6.42 Å². The molecule has 0 saturated carbocycles. The van der Waals surface area contributed by atoms with Gasteiger partial charge in [-0.05, 0) is 45.0 Å². The number of carbonyl (C=O) groups excluding carboxylic acids is 1. The number of hydrogen-bond acceptors (Lipinski definition) is 2. The molecule has 0 aliphatic carbocycles. The summed E-state index contributed by atoms with van der Waals surface area (Å²) < 4.78 is 14.3. The van der Waals surface area contributed by atoms with E-state index in [9.17, 15) is 9.00 Å². The van der Waals surface area contributed by atoms with Gasteiger partial charge in [0.15, 0.2) is 11.0 Å². The number of rotatable bonds is 4. The molecule has 1 atom stereocenters. The van der Waals surface area contributed by atoms with Crippen LogP contribution in [0, 0.1) is 19.3 Å². The van der Waals surface area contributed by atoms with Crippen molar-refractivity contribution in [1.29, 1.82) is 0 Å². The van der Waals surface area contributed by atoms with Crippen molar-refractivity contribution in [3.8, 4) is 12.3 Å². The molecule has 0 N–H and O–H groups in total. The highest BCUT2D eigenvalue weighted by atomic mass is 32.2. The standard InChI is InChI=1S/C19H19NO2S/c1-5-19(3,4)20(18(21)16-9-7-6-8-10-16)23(22)17-13-11-15(2)12-14-17/h1,6-14H,2-4H3. The Labute approximate surface area is 139 Å². The minimum absolute atomic E-state index is 0.354. The van der Waals surface area contributed by atoms with E-state index in [0.29, 0.717) is 10.5 Å². The van der Waals surface area contributed by atoms with Crippen LogP contribution in [0.3, 0.4) is 0 Å². The highest BCUT2D eigenvalue weighted by molar-refractivity contribution is 7.83. The van der Waals surface area contributed by atoms with Gasteiger partial charge in [0.25, 0.3) is 5.91 Å². The molecule has 2 aromatic carbocycles. The molecule has 0 spiro atoms. The SMILES string of the molecule is C#CC(C)(C)N(C(=O)c1ccccc1)S(=O)c1ccc(C)cc1. The molecular formula is C19H19NO2S. The molecule has 0 fully saturated rings. The van der Waals surface area contributed by atoms with Crippen molar-refractivity contribution >= 4 is 16.9 Å². The van der Waals surface area contributed by atoms with Gasteiger partial charge in [-0.25, -0.2) is 8.51 Å². The molecule has 2 aromatic rings. The van der Waals surface area contributed by atoms with E-state index in [1.165, 1.54) is 4.31 Å². The maximum atomic E-state index is 13.0. The fourth-order valence-electron chi connectivity index (χ4n) is 2.05. The van der Waals surface area contributed by atoms with E-state index in [1.54, 1.807) is 50.2 Å². The van der Waals surface area contributed by atoms with E-state index < -0.39 is 16.5 Å². The van der Waals surface area contributed by atoms with Gasteiger partial charge in [0.05, 0.1) is 4.90 Å². The Kier molecular flexibility index (Phi) is 5.02. The predicted octanol–water partition coefficient (Wildman–Crippen LogP) is 3.57. The van der Waals surface area contributed by atoms with E-state index >= 15 is 0 Å². The van der Waals surface area contributed by atoms with Crippen LogP contribution in [-0.2, 0) is 11.0 Å². The lowest BCUT2D eigenvalue weighted by atomic mass is 10.1. The first-order chi connectivity index (χ1) is 10.9. The van der Waals surface area contributed by atoms with Crippen molar-refractivity contribution in [2.75, 3.05) is 0 Å². The van der Waals surface area contributed by atoms with E-state index in [2.05, 4.69) is 5.92 Å². The molecule has 23 heavy (non-hydrogen) atoms. The Bertz CT molecular complexity index is 758. The van der Waals surface area contributed by atoms with Crippen LogP contribution >= 0.6 is 0 Å². The number of terminal acetylenes is 1. The van der Waals surface area contributed by atoms with Crippen molar-refractivity contribution in [2.24, 2.45) is 0 Å². The van der Waals surface area contributed by atoms with Crippen LogP contribution in [0.5, 0.6) is 0 Å². The van der Waals surface area contributed by atoms with Crippen LogP contribution in [0.4, 0.5) is 0 Å². The lowest BCUT2D eigenvalue weighted by Crippen LogP contribution is -2.47. The number of nitrogens with zero attached hydrogens (tertiary/aromatic N) is 1. The van der Waals surface area contributed by atoms with Crippen LogP contribution in [0.2, 0.25) is 0 Å². The number of hydrogen-bond donors (Lipinski definition) is 0. The maximum absolute atomic E-state index is 13.0. The summed E-state index contributed by atoms with van der Waals surface area (Å²) in [4.78, 5) is 13.4. The van der Waals surface area contributed by atoms with Gasteiger partial charge in [-0.3, -0.25) is 4.79 Å². The number of aryl methyl sites for hydroxylation is 1. The molecule has 4 heteroatoms. The molecular weight excluding hydrogens is 306 g/mol. The smallest absolute Gasteiger partial charge is 0.267 e. The molecule has 0 heterocycles. The summed E-state index contributed by atoms with van der Waals surface area (Å²) in [5.41, 5.74) is 0.530. The fourth-order valence-corrected chi connectivity index (χ4v) is 3.36. The molecule has 1 unspecified atom stereocenters. The van der Waals surface area contributed by atoms with Crippen molar-refractivity contribution in [3.63, 3.8) is 0 Å². The number of carbonyl (C=O) groups is 1. The monoisotopic (exact) mass is 325 g/mol. The predicted molar refractivity (Wildman–Crippen MR) is 93.1 cm³/mol. The third-order valence-electron chi connectivity index (χ3n) is 3.45. The minimum atomic E-state index is -1.69. The summed E-state index contributed by atoms with van der Waals surface area (Å²) in [6.07, 6.45) is 5.58. The molecule has 1 amide bonds. The topological polar surface area (TPSA) is 37.4 Å². The summed E-state index contributed by atoms with van der Waals surface area (Å²) in [6.45, 7) is 5.37. The van der Waals surface area contributed by atoms with Crippen molar-refractivity contribution in [3.05, 3.63) is 65.7 Å². The average molecular weight is 325 g/mol. The first-order valence-electron chi connectivity index (χ1n) is 7.23. The van der Waals surface area contributed by atoms with Crippen molar-refractivity contribution in [2.45, 2.75) is 31.2 Å². The van der Waals surface area contributed by atoms with E-state index in [0.717, 1.165) is 5.56 Å². The molecule has 0 saturated heterocycles. The Morgan fingerprint density at radius 1 is 1.09 bits per heavy atom. The summed E-state index contributed by atoms with van der Waals surface area (Å²) in [5, 5.41) is 0. The lowest BCUT2D eigenvalue weighted by Gasteiger charge is -2.33. The normalized spacial score (nSPS) is 12.3. The van der Waals surface area contributed by atoms with Crippen LogP contribution in [0.25, 0.3) is 0 Å². The summed E-state index contributed by atoms with van der Waals surface area (Å²) in [6, 6.07) is 16.0. The molecule has 0 aliphatic rings. The molecule has 0 aromatic heterocycles. The van der Waals surface area contributed by atoms with Gasteiger partial charge in [-0.2, -0.15) is 0 Å². The Balaban J connectivity index is 2.47. The average Bonchev–Trinajstić information content (AvgIpc) is 2.56. The van der Waals surface area contributed by atoms with Crippen LogP contribution in [-0.4, -0.2) is 20.0 Å². The van der Waals surface area contributed by atoms with Crippen molar-refractivity contribution < 1.29 is 9.00 Å². The summed E-state index contributed by atoms with van der Waals surface area (Å²) in [7, 11) is -1.69. The third-order valence-corrected chi connectivity index (χ3v) is 5.08. The minimum Gasteiger partial charge on any atom is -0.268 e. The summed E-state index contributed by atoms with van der Waals surface area (Å²) >= 11 is 0. The van der Waals surface area contributed by atoms with Gasteiger partial charge in [0, 0.05) is 5.56 Å². The first-order valence-corrected chi connectivity index (χ1v) is 8.33. The molecule has 3 nitrogen and oxygen atoms in total. The molecule has 0 bridgehead atoms. The van der Waals surface area contributed by atoms with Crippen molar-refractivity contribution in [1.82, 2.24) is 4.31 Å². The Morgan fingerprint density at radius 2 is 1.65 bits per heavy atom. The molecule has 0 radical (unpaired) electrons. The van der Waals surface area contributed by atoms with Gasteiger partial charge >= 0.3 is 0 Å². The van der Waals surface area contributed by atoms with Gasteiger partial charge < -0.3 is 0 Å². The second-order valence-electron chi connectivity index (χ2n) is 5.73. The Morgan fingerprint density at radius 3 is 2.17 bits per heavy atom. The van der Waals surface area contributed by atoms with Gasteiger partial charge in [-0.1, -0.05) is 41.8 Å². The van der Waals surface area contributed by atoms with E-state index in [-0.39, 0.29) is 5.91 Å². The number of benzene rings is 2. The molecule has 118 valence electrons. The second kappa shape index (κ2) is 6.80. The highest BCUT2D eigenvalue weighted by Gasteiger charge is 2.35. The quantitative estimate of drug-likeness (QED) is 0.806. The largest absolute Gasteiger partial charge is 0.268 e. The second-order valence-corrected chi connectivity index (χ2v) is 7.07. The highest BCUT2D eigenvalue weighted by Crippen LogP contribution is 2.24. The van der Waals surface area contributed by atoms with Gasteiger partial charge in [0.1, 0.15) is 5.54 Å². The van der Waals surface area contributed by atoms with E-state index in [1.807, 2.05) is 25.1 Å². The van der Waals surface area contributed by atoms with Crippen LogP contribution < -0.4 is 0 Å². The zero-order valence-corrected chi connectivity index (χ0v) is 14.3. The molecule has 0 aliphatic heterocycles. The summed E-state index contributed by atoms with van der Waals surface area (Å²) in [5.74, 6) is 2.21. The first kappa shape index (κ1) is 17.0. The maximum Gasteiger partial charge on any atom is 0.267 e. The fraction of sp³-hybridized carbons (Fsp3) is 0.211. The van der Waals surface area contributed by atoms with Gasteiger partial charge in [0.2, 0.25) is 0 Å². The lowest BCUT2D eigenvalue weighted by molar-refractivity contribution is 0.0809. The Hall–Kier alpha value is -2.38. The third kappa shape index (κ3) is 3.69. The van der Waals surface area contributed by atoms with Gasteiger partial charge in [-0.15, -0.1) is 6.42 Å². The molecule has 2 rings (SSSR count). The van der Waals surface area contributed by atoms with Crippen LogP contribution in [0.15, 0.2) is 59.5 Å².